The van der Waals surface area contributed by atoms with Gasteiger partial charge in [-0.25, -0.2) is 27.3 Å². The Morgan fingerprint density at radius 1 is 1.17 bits per heavy atom. The molecule has 2 aromatic heterocycles. The largest absolute Gasteiger partial charge is 0.461 e. The number of sulfonamides is 1. The third-order valence-corrected chi connectivity index (χ3v) is 10.3. The predicted octanol–water partition coefficient (Wildman–Crippen LogP) is 3.91. The third kappa shape index (κ3) is 6.05. The van der Waals surface area contributed by atoms with Crippen molar-refractivity contribution in [1.29, 1.82) is 0 Å². The number of hydrogen-bond donors (Lipinski definition) is 1. The van der Waals surface area contributed by atoms with Crippen LogP contribution < -0.4 is 10.2 Å². The van der Waals surface area contributed by atoms with E-state index in [0.29, 0.717) is 25.3 Å². The number of nitrogens with zero attached hydrogens (tertiary/aromatic N) is 6. The molecule has 226 valence electrons. The molecule has 0 radical (unpaired) electrons. The lowest BCUT2D eigenvalue weighted by Gasteiger charge is -2.49. The number of piperidine rings is 2. The van der Waals surface area contributed by atoms with Crippen molar-refractivity contribution >= 4 is 33.6 Å². The molecule has 5 rings (SSSR count). The van der Waals surface area contributed by atoms with E-state index in [1.807, 2.05) is 11.8 Å². The van der Waals surface area contributed by atoms with Crippen molar-refractivity contribution in [2.24, 2.45) is 0 Å². The molecule has 3 aliphatic rings. The smallest absolute Gasteiger partial charge is 0.360 e. The lowest BCUT2D eigenvalue weighted by molar-refractivity contribution is -0.0404. The van der Waals surface area contributed by atoms with Crippen molar-refractivity contribution in [3.8, 4) is 0 Å². The molecule has 1 N–H and O–H groups in total. The Morgan fingerprint density at radius 3 is 2.54 bits per heavy atom. The minimum absolute atomic E-state index is 0.0644. The Balaban J connectivity index is 1.44. The molecule has 2 bridgehead atoms. The molecule has 0 aromatic carbocycles. The second-order valence-electron chi connectivity index (χ2n) is 11.0. The maximum absolute atomic E-state index is 15.6. The Hall–Kier alpha value is -2.84. The molecule has 3 saturated heterocycles. The van der Waals surface area contributed by atoms with Gasteiger partial charge in [0, 0.05) is 43.5 Å². The van der Waals surface area contributed by atoms with Crippen LogP contribution >= 0.6 is 0 Å². The maximum Gasteiger partial charge on any atom is 0.360 e. The molecule has 2 aromatic rings. The number of carbonyl (C=O) groups excluding carboxylic acids is 1. The van der Waals surface area contributed by atoms with Crippen LogP contribution in [0.1, 0.15) is 87.6 Å². The van der Waals surface area contributed by atoms with Gasteiger partial charge in [-0.3, -0.25) is 0 Å². The average Bonchev–Trinajstić information content (AvgIpc) is 3.33. The normalized spacial score (nSPS) is 25.1. The van der Waals surface area contributed by atoms with Crippen molar-refractivity contribution in [3.63, 3.8) is 0 Å². The van der Waals surface area contributed by atoms with Gasteiger partial charge in [0.15, 0.2) is 29.4 Å². The van der Waals surface area contributed by atoms with Crippen LogP contribution in [0, 0.1) is 12.7 Å². The number of aromatic nitrogens is 4. The maximum atomic E-state index is 15.6. The zero-order valence-electron chi connectivity index (χ0n) is 24.2. The summed E-state index contributed by atoms with van der Waals surface area (Å²) in [5, 5.41) is 7.53. The van der Waals surface area contributed by atoms with Crippen molar-refractivity contribution in [3.05, 3.63) is 23.3 Å². The van der Waals surface area contributed by atoms with E-state index >= 15 is 4.39 Å². The molecule has 5 heterocycles. The lowest BCUT2D eigenvalue weighted by Crippen LogP contribution is -2.58. The molecule has 14 heteroatoms. The first-order valence-electron chi connectivity index (χ1n) is 14.6. The highest BCUT2D eigenvalue weighted by Crippen LogP contribution is 2.39. The highest BCUT2D eigenvalue weighted by Gasteiger charge is 2.45. The number of aryl methyl sites for hydroxylation is 1. The van der Waals surface area contributed by atoms with Gasteiger partial charge in [-0.2, -0.15) is 14.4 Å². The van der Waals surface area contributed by atoms with Crippen LogP contribution in [0.15, 0.2) is 6.07 Å². The average molecular weight is 594 g/mol. The number of hydrogen-bond acceptors (Lipinski definition) is 10. The molecular weight excluding hydrogens is 553 g/mol. The Morgan fingerprint density at radius 2 is 1.90 bits per heavy atom. The molecule has 0 aliphatic carbocycles. The number of rotatable bonds is 9. The van der Waals surface area contributed by atoms with E-state index in [-0.39, 0.29) is 48.5 Å². The van der Waals surface area contributed by atoms with Crippen molar-refractivity contribution in [1.82, 2.24) is 24.1 Å². The third-order valence-electron chi connectivity index (χ3n) is 8.34. The molecule has 12 nitrogen and oxygen atoms in total. The van der Waals surface area contributed by atoms with Gasteiger partial charge in [0.05, 0.1) is 12.4 Å². The number of carbonyl (C=O) groups is 1. The summed E-state index contributed by atoms with van der Waals surface area (Å²) in [7, 11) is -1.53. The number of nitrogens with one attached hydrogen (secondary N) is 1. The zero-order chi connectivity index (χ0) is 29.3. The Bertz CT molecular complexity index is 1350. The van der Waals surface area contributed by atoms with Gasteiger partial charge in [-0.15, -0.1) is 0 Å². The quantitative estimate of drug-likeness (QED) is 0.427. The summed E-state index contributed by atoms with van der Waals surface area (Å²) in [5.41, 5.74) is 0.376. The Kier molecular flexibility index (Phi) is 8.81. The zero-order valence-corrected chi connectivity index (χ0v) is 25.0. The van der Waals surface area contributed by atoms with Gasteiger partial charge in [-0.1, -0.05) is 6.42 Å². The SMILES string of the molecule is CCOC(=O)c1nc(N(C)C2C[C@H]3CCC[C@@H](C2)N3S(=O)(=O)CC)nc(Nc2cc(C)n(C3CCCCO3)n2)c1F. The standard InChI is InChI=1S/C27H40FN7O5S/c1-5-39-26(36)24-23(28)25(29-21-14-17(3)34(32-21)22-12-7-8-13-40-22)31-27(30-24)33(4)20-15-18-10-9-11-19(16-20)35(18)41(37,38)6-2/h14,18-20,22H,5-13,15-16H2,1-4H3,(H,29,30,31,32)/t18-,19+,20?,22?. The molecule has 0 saturated carbocycles. The van der Waals surface area contributed by atoms with Crippen LogP contribution in [0.3, 0.4) is 0 Å². The van der Waals surface area contributed by atoms with Gasteiger partial charge in [0.25, 0.3) is 0 Å². The van der Waals surface area contributed by atoms with E-state index in [4.69, 9.17) is 9.47 Å². The van der Waals surface area contributed by atoms with Gasteiger partial charge < -0.3 is 19.7 Å². The summed E-state index contributed by atoms with van der Waals surface area (Å²) in [6.07, 6.45) is 6.45. The molecule has 2 unspecified atom stereocenters. The monoisotopic (exact) mass is 593 g/mol. The lowest BCUT2D eigenvalue weighted by atomic mass is 9.83. The van der Waals surface area contributed by atoms with E-state index in [2.05, 4.69) is 20.4 Å². The van der Waals surface area contributed by atoms with Crippen LogP contribution in [0.5, 0.6) is 0 Å². The highest BCUT2D eigenvalue weighted by molar-refractivity contribution is 7.89. The fourth-order valence-electron chi connectivity index (χ4n) is 6.28. The van der Waals surface area contributed by atoms with Crippen LogP contribution in [-0.4, -0.2) is 82.6 Å². The number of ether oxygens (including phenoxy) is 2. The van der Waals surface area contributed by atoms with Crippen molar-refractivity contribution in [2.45, 2.75) is 96.5 Å². The fourth-order valence-corrected chi connectivity index (χ4v) is 7.87. The molecule has 41 heavy (non-hydrogen) atoms. The summed E-state index contributed by atoms with van der Waals surface area (Å²) in [6, 6.07) is 1.46. The van der Waals surface area contributed by atoms with Gasteiger partial charge in [0.1, 0.15) is 0 Å². The van der Waals surface area contributed by atoms with Crippen molar-refractivity contribution in [2.75, 3.05) is 36.2 Å². The van der Waals surface area contributed by atoms with Crippen LogP contribution in [0.25, 0.3) is 0 Å². The second-order valence-corrected chi connectivity index (χ2v) is 13.2. The van der Waals surface area contributed by atoms with Crippen molar-refractivity contribution < 1.29 is 27.1 Å². The number of anilines is 3. The summed E-state index contributed by atoms with van der Waals surface area (Å²) < 4.78 is 55.8. The van der Waals surface area contributed by atoms with Gasteiger partial charge in [-0.05, 0) is 65.7 Å². The molecular formula is C27H40FN7O5S. The summed E-state index contributed by atoms with van der Waals surface area (Å²) in [6.45, 7) is 5.94. The summed E-state index contributed by atoms with van der Waals surface area (Å²) >= 11 is 0. The first kappa shape index (κ1) is 29.6. The first-order valence-corrected chi connectivity index (χ1v) is 16.2. The minimum atomic E-state index is -3.33. The van der Waals surface area contributed by atoms with E-state index in [1.165, 1.54) is 0 Å². The van der Waals surface area contributed by atoms with E-state index in [9.17, 15) is 13.2 Å². The van der Waals surface area contributed by atoms with Crippen LogP contribution in [-0.2, 0) is 19.5 Å². The number of esters is 1. The van der Waals surface area contributed by atoms with E-state index < -0.39 is 27.5 Å². The first-order chi connectivity index (χ1) is 19.6. The van der Waals surface area contributed by atoms with Crippen LogP contribution in [0.2, 0.25) is 0 Å². The Labute approximate surface area is 240 Å². The van der Waals surface area contributed by atoms with E-state index in [1.54, 1.807) is 35.9 Å². The van der Waals surface area contributed by atoms with Gasteiger partial charge >= 0.3 is 5.97 Å². The summed E-state index contributed by atoms with van der Waals surface area (Å²) in [4.78, 5) is 23.3. The molecule has 0 spiro atoms. The molecule has 3 aliphatic heterocycles. The molecule has 0 amide bonds. The summed E-state index contributed by atoms with van der Waals surface area (Å²) in [5.74, 6) is -1.42. The van der Waals surface area contributed by atoms with E-state index in [0.717, 1.165) is 44.2 Å². The second kappa shape index (κ2) is 12.2. The van der Waals surface area contributed by atoms with Gasteiger partial charge in [0.2, 0.25) is 16.0 Å². The molecule has 4 atom stereocenters. The number of halogens is 1. The highest BCUT2D eigenvalue weighted by atomic mass is 32.2. The fraction of sp³-hybridized carbons (Fsp3) is 0.704. The van der Waals surface area contributed by atoms with Crippen LogP contribution in [0.4, 0.5) is 22.0 Å². The number of fused-ring (bicyclic) bond motifs is 2. The topological polar surface area (TPSA) is 132 Å². The predicted molar refractivity (Wildman–Crippen MR) is 151 cm³/mol. The minimum Gasteiger partial charge on any atom is -0.461 e. The molecule has 3 fully saturated rings.